The van der Waals surface area contributed by atoms with Gasteiger partial charge in [-0.2, -0.15) is 0 Å². The number of carbonyl (C=O) groups excluding carboxylic acids is 1. The lowest BCUT2D eigenvalue weighted by Gasteiger charge is -2.05. The summed E-state index contributed by atoms with van der Waals surface area (Å²) < 4.78 is 24.7. The summed E-state index contributed by atoms with van der Waals surface area (Å²) in [5.74, 6) is 0. The molecule has 0 aliphatic rings. The first-order valence-corrected chi connectivity index (χ1v) is 4.61. The van der Waals surface area contributed by atoms with Crippen molar-refractivity contribution in [1.82, 2.24) is 4.98 Å². The van der Waals surface area contributed by atoms with Crippen molar-refractivity contribution >= 4 is 40.5 Å². The number of hydrogen-bond acceptors (Lipinski definition) is 2. The molecule has 0 saturated carbocycles. The molecule has 1 heterocycles. The lowest BCUT2D eigenvalue weighted by Crippen LogP contribution is -1.98. The Morgan fingerprint density at radius 2 is 2.23 bits per heavy atom. The van der Waals surface area contributed by atoms with Gasteiger partial charge in [-0.05, 0) is 28.7 Å². The number of alkyl halides is 2. The number of hydrogen-bond donors (Lipinski definition) is 0. The minimum Gasteiger partial charge on any atom is -0.296 e. The molecule has 0 aromatic carbocycles. The van der Waals surface area contributed by atoms with Crippen molar-refractivity contribution in [2.75, 3.05) is 0 Å². The van der Waals surface area contributed by atoms with E-state index in [4.69, 9.17) is 11.6 Å². The second kappa shape index (κ2) is 4.28. The highest BCUT2D eigenvalue weighted by Gasteiger charge is 2.17. The van der Waals surface area contributed by atoms with Crippen molar-refractivity contribution < 1.29 is 13.6 Å². The van der Waals surface area contributed by atoms with Crippen LogP contribution in [0.4, 0.5) is 8.78 Å². The molecule has 1 aromatic heterocycles. The summed E-state index contributed by atoms with van der Waals surface area (Å²) in [6, 6.07) is 1.12. The fourth-order valence-electron chi connectivity index (χ4n) is 0.767. The molecule has 13 heavy (non-hydrogen) atoms. The fraction of sp³-hybridized carbons (Fsp3) is 0.143. The van der Waals surface area contributed by atoms with Gasteiger partial charge >= 0.3 is 0 Å². The van der Waals surface area contributed by atoms with Crippen LogP contribution >= 0.6 is 34.2 Å². The van der Waals surface area contributed by atoms with E-state index in [1.54, 1.807) is 22.6 Å². The third kappa shape index (κ3) is 2.34. The SMILES string of the molecule is O=Cc1cc(Cl)c(C(F)F)c(I)n1. The molecule has 1 rings (SSSR count). The molecular weight excluding hydrogens is 314 g/mol. The normalized spacial score (nSPS) is 10.5. The summed E-state index contributed by atoms with van der Waals surface area (Å²) in [4.78, 5) is 13.9. The van der Waals surface area contributed by atoms with Gasteiger partial charge in [-0.25, -0.2) is 13.8 Å². The van der Waals surface area contributed by atoms with Gasteiger partial charge in [0.05, 0.1) is 10.6 Å². The molecule has 0 fully saturated rings. The number of nitrogens with zero attached hydrogens (tertiary/aromatic N) is 1. The van der Waals surface area contributed by atoms with Gasteiger partial charge < -0.3 is 0 Å². The van der Waals surface area contributed by atoms with Crippen LogP contribution in [0.3, 0.4) is 0 Å². The van der Waals surface area contributed by atoms with Gasteiger partial charge in [0.2, 0.25) is 0 Å². The number of rotatable bonds is 2. The molecule has 0 atom stereocenters. The lowest BCUT2D eigenvalue weighted by molar-refractivity contribution is 0.111. The largest absolute Gasteiger partial charge is 0.296 e. The van der Waals surface area contributed by atoms with E-state index in [1.165, 1.54) is 0 Å². The van der Waals surface area contributed by atoms with Crippen molar-refractivity contribution in [3.05, 3.63) is 26.0 Å². The van der Waals surface area contributed by atoms with Crippen LogP contribution in [0.25, 0.3) is 0 Å². The molecule has 70 valence electrons. The van der Waals surface area contributed by atoms with Crippen LogP contribution < -0.4 is 0 Å². The van der Waals surface area contributed by atoms with Gasteiger partial charge in [-0.15, -0.1) is 0 Å². The third-order valence-electron chi connectivity index (χ3n) is 1.32. The Hall–Kier alpha value is -0.300. The van der Waals surface area contributed by atoms with Crippen LogP contribution in [-0.4, -0.2) is 11.3 Å². The summed E-state index contributed by atoms with van der Waals surface area (Å²) in [7, 11) is 0. The number of aldehydes is 1. The summed E-state index contributed by atoms with van der Waals surface area (Å²) in [5.41, 5.74) is -0.272. The van der Waals surface area contributed by atoms with Gasteiger partial charge in [-0.3, -0.25) is 4.79 Å². The minimum absolute atomic E-state index is 0.0544. The molecule has 1 aromatic rings. The fourth-order valence-corrected chi connectivity index (χ4v) is 2.01. The van der Waals surface area contributed by atoms with E-state index in [9.17, 15) is 13.6 Å². The molecule has 0 spiro atoms. The second-order valence-corrected chi connectivity index (χ2v) is 3.58. The average molecular weight is 317 g/mol. The van der Waals surface area contributed by atoms with E-state index in [0.29, 0.717) is 6.29 Å². The van der Waals surface area contributed by atoms with Crippen molar-refractivity contribution in [3.63, 3.8) is 0 Å². The Balaban J connectivity index is 3.31. The molecule has 0 saturated heterocycles. The van der Waals surface area contributed by atoms with Gasteiger partial charge in [0.1, 0.15) is 9.39 Å². The van der Waals surface area contributed by atoms with Gasteiger partial charge in [0.15, 0.2) is 6.29 Å². The molecule has 0 bridgehead atoms. The Kier molecular flexibility index (Phi) is 3.55. The second-order valence-electron chi connectivity index (χ2n) is 2.15. The van der Waals surface area contributed by atoms with Crippen LogP contribution in [0.15, 0.2) is 6.07 Å². The molecule has 0 N–H and O–H groups in total. The number of halogens is 4. The monoisotopic (exact) mass is 317 g/mol. The number of aromatic nitrogens is 1. The van der Waals surface area contributed by atoms with Gasteiger partial charge in [-0.1, -0.05) is 11.6 Å². The Labute approximate surface area is 91.4 Å². The molecule has 0 amide bonds. The van der Waals surface area contributed by atoms with E-state index in [1.807, 2.05) is 0 Å². The van der Waals surface area contributed by atoms with Crippen molar-refractivity contribution in [1.29, 1.82) is 0 Å². The van der Waals surface area contributed by atoms with Gasteiger partial charge in [0, 0.05) is 0 Å². The van der Waals surface area contributed by atoms with Crippen LogP contribution in [0, 0.1) is 3.70 Å². The van der Waals surface area contributed by atoms with E-state index in [2.05, 4.69) is 4.98 Å². The molecule has 0 radical (unpaired) electrons. The van der Waals surface area contributed by atoms with Crippen molar-refractivity contribution in [3.8, 4) is 0 Å². The Morgan fingerprint density at radius 3 is 2.62 bits per heavy atom. The van der Waals surface area contributed by atoms with E-state index >= 15 is 0 Å². The van der Waals surface area contributed by atoms with E-state index in [-0.39, 0.29) is 20.0 Å². The topological polar surface area (TPSA) is 30.0 Å². The average Bonchev–Trinajstić information content (AvgIpc) is 2.02. The smallest absolute Gasteiger partial charge is 0.267 e. The zero-order valence-corrected chi connectivity index (χ0v) is 9.01. The summed E-state index contributed by atoms with van der Waals surface area (Å²) in [5, 5.41) is -0.128. The van der Waals surface area contributed by atoms with Crippen LogP contribution in [0.2, 0.25) is 5.02 Å². The predicted octanol–water partition coefficient (Wildman–Crippen LogP) is 3.09. The maximum absolute atomic E-state index is 12.3. The van der Waals surface area contributed by atoms with Crippen LogP contribution in [0.1, 0.15) is 22.5 Å². The summed E-state index contributed by atoms with van der Waals surface area (Å²) >= 11 is 7.14. The summed E-state index contributed by atoms with van der Waals surface area (Å²) in [6.07, 6.45) is -2.21. The number of carbonyl (C=O) groups is 1. The standard InChI is InChI=1S/C7H3ClF2INO/c8-4-1-3(2-13)12-7(11)5(4)6(9)10/h1-2,6H. The van der Waals surface area contributed by atoms with Crippen molar-refractivity contribution in [2.45, 2.75) is 6.43 Å². The molecule has 2 nitrogen and oxygen atoms in total. The maximum Gasteiger partial charge on any atom is 0.267 e. The molecular formula is C7H3ClF2INO. The maximum atomic E-state index is 12.3. The minimum atomic E-state index is -2.67. The number of pyridine rings is 1. The van der Waals surface area contributed by atoms with E-state index in [0.717, 1.165) is 6.07 Å². The molecule has 0 aliphatic heterocycles. The quantitative estimate of drug-likeness (QED) is 0.477. The van der Waals surface area contributed by atoms with E-state index < -0.39 is 6.43 Å². The molecule has 0 unspecified atom stereocenters. The first-order valence-electron chi connectivity index (χ1n) is 3.15. The molecule has 6 heteroatoms. The first-order chi connectivity index (χ1) is 6.06. The zero-order valence-electron chi connectivity index (χ0n) is 6.10. The van der Waals surface area contributed by atoms with Crippen LogP contribution in [0.5, 0.6) is 0 Å². The zero-order chi connectivity index (χ0) is 10.0. The predicted molar refractivity (Wildman–Crippen MR) is 52.3 cm³/mol. The Morgan fingerprint density at radius 1 is 1.62 bits per heavy atom. The highest BCUT2D eigenvalue weighted by Crippen LogP contribution is 2.30. The summed E-state index contributed by atoms with van der Waals surface area (Å²) in [6.45, 7) is 0. The van der Waals surface area contributed by atoms with Gasteiger partial charge in [0.25, 0.3) is 6.43 Å². The third-order valence-corrected chi connectivity index (χ3v) is 2.46. The van der Waals surface area contributed by atoms with Crippen molar-refractivity contribution in [2.24, 2.45) is 0 Å². The first kappa shape index (κ1) is 10.8. The van der Waals surface area contributed by atoms with Crippen LogP contribution in [-0.2, 0) is 0 Å². The highest BCUT2D eigenvalue weighted by molar-refractivity contribution is 14.1. The highest BCUT2D eigenvalue weighted by atomic mass is 127. The molecule has 0 aliphatic carbocycles. The lowest BCUT2D eigenvalue weighted by atomic mass is 10.2. The Bertz CT molecular complexity index is 322.